The fraction of sp³-hybridized carbons (Fsp3) is 0.348. The van der Waals surface area contributed by atoms with Gasteiger partial charge in [-0.15, -0.1) is 0 Å². The fourth-order valence-corrected chi connectivity index (χ4v) is 4.86. The molecule has 3 aromatic rings. The lowest BCUT2D eigenvalue weighted by molar-refractivity contribution is 0.0713. The minimum Gasteiger partial charge on any atom is -0.496 e. The first-order valence-electron chi connectivity index (χ1n) is 10.7. The molecule has 168 valence electrons. The van der Waals surface area contributed by atoms with E-state index in [1.54, 1.807) is 61.9 Å². The zero-order valence-corrected chi connectivity index (χ0v) is 18.4. The zero-order chi connectivity index (χ0) is 22.9. The molecule has 10 nitrogen and oxygen atoms in total. The first-order valence-corrected chi connectivity index (χ1v) is 10.7. The molecule has 33 heavy (non-hydrogen) atoms. The lowest BCUT2D eigenvalue weighted by Crippen LogP contribution is -2.56. The first kappa shape index (κ1) is 20.8. The number of ether oxygens (including phenoxy) is 2. The van der Waals surface area contributed by atoms with Crippen LogP contribution >= 0.6 is 0 Å². The van der Waals surface area contributed by atoms with Crippen molar-refractivity contribution in [1.29, 1.82) is 5.26 Å². The number of carbonyl (C=O) groups is 1. The van der Waals surface area contributed by atoms with Crippen LogP contribution < -0.4 is 14.4 Å². The summed E-state index contributed by atoms with van der Waals surface area (Å²) in [5.74, 6) is 1.89. The number of amides is 1. The van der Waals surface area contributed by atoms with Crippen LogP contribution in [0.2, 0.25) is 0 Å². The van der Waals surface area contributed by atoms with Crippen molar-refractivity contribution in [3.63, 3.8) is 0 Å². The van der Waals surface area contributed by atoms with Gasteiger partial charge in [-0.25, -0.2) is 14.6 Å². The Hall–Kier alpha value is -4.13. The molecule has 1 amide bonds. The highest BCUT2D eigenvalue weighted by atomic mass is 16.5. The highest BCUT2D eigenvalue weighted by molar-refractivity contribution is 6.00. The molecule has 10 heteroatoms. The van der Waals surface area contributed by atoms with E-state index in [0.717, 1.165) is 12.8 Å². The number of anilines is 1. The number of pyridine rings is 2. The molecule has 2 saturated heterocycles. The Morgan fingerprint density at radius 2 is 1.79 bits per heavy atom. The molecule has 2 aliphatic heterocycles. The van der Waals surface area contributed by atoms with Crippen LogP contribution in [0.1, 0.15) is 28.8 Å². The molecule has 5 heterocycles. The summed E-state index contributed by atoms with van der Waals surface area (Å²) in [4.78, 5) is 26.7. The minimum absolute atomic E-state index is 0.0684. The van der Waals surface area contributed by atoms with Crippen molar-refractivity contribution in [3.05, 3.63) is 54.1 Å². The van der Waals surface area contributed by atoms with Gasteiger partial charge in [-0.1, -0.05) is 0 Å². The van der Waals surface area contributed by atoms with Gasteiger partial charge < -0.3 is 19.3 Å². The summed E-state index contributed by atoms with van der Waals surface area (Å²) in [5, 5.41) is 13.7. The number of carbonyl (C=O) groups excluding carboxylic acids is 1. The van der Waals surface area contributed by atoms with Crippen molar-refractivity contribution < 1.29 is 14.3 Å². The number of nitriles is 1. The lowest BCUT2D eigenvalue weighted by Gasteiger charge is -2.42. The van der Waals surface area contributed by atoms with E-state index in [-0.39, 0.29) is 18.0 Å². The predicted octanol–water partition coefficient (Wildman–Crippen LogP) is 2.04. The summed E-state index contributed by atoms with van der Waals surface area (Å²) in [6, 6.07) is 7.43. The number of fused-ring (bicyclic) bond motifs is 2. The summed E-state index contributed by atoms with van der Waals surface area (Å²) < 4.78 is 12.6. The van der Waals surface area contributed by atoms with Gasteiger partial charge in [0, 0.05) is 50.0 Å². The van der Waals surface area contributed by atoms with Gasteiger partial charge in [0.1, 0.15) is 17.4 Å². The average molecular weight is 445 g/mol. The molecule has 2 bridgehead atoms. The number of aromatic nitrogens is 4. The van der Waals surface area contributed by atoms with Crippen LogP contribution in [0.5, 0.6) is 11.5 Å². The number of hydrogen-bond acceptors (Lipinski definition) is 8. The second-order valence-electron chi connectivity index (χ2n) is 7.99. The van der Waals surface area contributed by atoms with Crippen LogP contribution in [0.15, 0.2) is 43.0 Å². The van der Waals surface area contributed by atoms with Crippen molar-refractivity contribution in [2.24, 2.45) is 0 Å². The number of hydrogen-bond donors (Lipinski definition) is 0. The number of methoxy groups -OCH3 is 2. The maximum atomic E-state index is 13.7. The van der Waals surface area contributed by atoms with Crippen LogP contribution in [-0.4, -0.2) is 69.9 Å². The van der Waals surface area contributed by atoms with Gasteiger partial charge in [0.25, 0.3) is 5.91 Å². The maximum Gasteiger partial charge on any atom is 0.261 e. The van der Waals surface area contributed by atoms with Gasteiger partial charge in [0.15, 0.2) is 17.4 Å². The van der Waals surface area contributed by atoms with E-state index >= 15 is 0 Å². The molecule has 0 aromatic carbocycles. The standard InChI is InChI=1S/C23H23N7O3/c1-32-18-7-10-25-21(29-11-3-8-27-29)19(18)23(31)28-13-16-4-5-17(14-28)30(16)22-20(33-2)15(12-24)6-9-26-22/h3,6-11,16-17H,4-5,13-14H2,1-2H3. The molecule has 0 N–H and O–H groups in total. The summed E-state index contributed by atoms with van der Waals surface area (Å²) in [6.45, 7) is 1.04. The summed E-state index contributed by atoms with van der Waals surface area (Å²) >= 11 is 0. The zero-order valence-electron chi connectivity index (χ0n) is 18.4. The smallest absolute Gasteiger partial charge is 0.261 e. The lowest BCUT2D eigenvalue weighted by atomic mass is 10.1. The topological polar surface area (TPSA) is 109 Å². The fourth-order valence-electron chi connectivity index (χ4n) is 4.86. The quantitative estimate of drug-likeness (QED) is 0.587. The molecule has 0 spiro atoms. The molecule has 0 aliphatic carbocycles. The van der Waals surface area contributed by atoms with E-state index in [9.17, 15) is 10.1 Å². The van der Waals surface area contributed by atoms with Crippen LogP contribution in [0.25, 0.3) is 5.82 Å². The number of likely N-dealkylation sites (tertiary alicyclic amines) is 1. The second-order valence-corrected chi connectivity index (χ2v) is 7.99. The van der Waals surface area contributed by atoms with E-state index in [0.29, 0.717) is 47.4 Å². The Morgan fingerprint density at radius 1 is 1.06 bits per heavy atom. The van der Waals surface area contributed by atoms with Gasteiger partial charge in [-0.3, -0.25) is 4.79 Å². The third-order valence-corrected chi connectivity index (χ3v) is 6.27. The average Bonchev–Trinajstić information content (AvgIpc) is 3.48. The summed E-state index contributed by atoms with van der Waals surface area (Å²) in [6.07, 6.45) is 8.47. The molecule has 0 saturated carbocycles. The van der Waals surface area contributed by atoms with Gasteiger partial charge in [-0.2, -0.15) is 10.4 Å². The highest BCUT2D eigenvalue weighted by Crippen LogP contribution is 2.40. The van der Waals surface area contributed by atoms with Crippen LogP contribution in [-0.2, 0) is 0 Å². The molecule has 0 radical (unpaired) electrons. The molecule has 2 fully saturated rings. The van der Waals surface area contributed by atoms with Gasteiger partial charge in [0.2, 0.25) is 0 Å². The summed E-state index contributed by atoms with van der Waals surface area (Å²) in [7, 11) is 3.09. The van der Waals surface area contributed by atoms with Crippen molar-refractivity contribution in [2.75, 3.05) is 32.2 Å². The third kappa shape index (κ3) is 3.42. The molecule has 2 aliphatic rings. The van der Waals surface area contributed by atoms with E-state index in [2.05, 4.69) is 26.0 Å². The Morgan fingerprint density at radius 3 is 2.42 bits per heavy atom. The number of nitrogens with zero attached hydrogens (tertiary/aromatic N) is 7. The first-order chi connectivity index (χ1) is 16.2. The predicted molar refractivity (Wildman–Crippen MR) is 119 cm³/mol. The van der Waals surface area contributed by atoms with Gasteiger partial charge in [-0.05, 0) is 31.0 Å². The third-order valence-electron chi connectivity index (χ3n) is 6.27. The monoisotopic (exact) mass is 445 g/mol. The Balaban J connectivity index is 1.47. The Labute approximate surface area is 191 Å². The van der Waals surface area contributed by atoms with Crippen LogP contribution in [0.3, 0.4) is 0 Å². The molecule has 2 atom stereocenters. The van der Waals surface area contributed by atoms with Gasteiger partial charge in [0.05, 0.1) is 19.8 Å². The molecular formula is C23H23N7O3. The van der Waals surface area contributed by atoms with Crippen molar-refractivity contribution in [3.8, 4) is 23.4 Å². The Bertz CT molecular complexity index is 1210. The Kier molecular flexibility index (Phi) is 5.30. The highest BCUT2D eigenvalue weighted by Gasteiger charge is 2.44. The molecule has 2 unspecified atom stereocenters. The largest absolute Gasteiger partial charge is 0.496 e. The van der Waals surface area contributed by atoms with Crippen molar-refractivity contribution in [2.45, 2.75) is 24.9 Å². The normalized spacial score (nSPS) is 19.3. The maximum absolute atomic E-state index is 13.7. The number of piperazine rings is 1. The minimum atomic E-state index is -0.146. The SMILES string of the molecule is COc1ccnc(-n2cccn2)c1C(=O)N1CC2CCC(C1)N2c1nccc(C#N)c1OC. The van der Waals surface area contributed by atoms with Crippen LogP contribution in [0, 0.1) is 11.3 Å². The summed E-state index contributed by atoms with van der Waals surface area (Å²) in [5.41, 5.74) is 0.836. The van der Waals surface area contributed by atoms with Gasteiger partial charge >= 0.3 is 0 Å². The number of rotatable bonds is 5. The van der Waals surface area contributed by atoms with E-state index in [4.69, 9.17) is 9.47 Å². The van der Waals surface area contributed by atoms with E-state index < -0.39 is 0 Å². The van der Waals surface area contributed by atoms with Crippen LogP contribution in [0.4, 0.5) is 5.82 Å². The second kappa shape index (κ2) is 8.43. The molecular weight excluding hydrogens is 422 g/mol. The van der Waals surface area contributed by atoms with Crippen molar-refractivity contribution in [1.82, 2.24) is 24.6 Å². The van der Waals surface area contributed by atoms with Crippen molar-refractivity contribution >= 4 is 11.7 Å². The molecule has 5 rings (SSSR count). The van der Waals surface area contributed by atoms with E-state index in [1.165, 1.54) is 0 Å². The van der Waals surface area contributed by atoms with E-state index in [1.807, 2.05) is 4.90 Å². The molecule has 3 aromatic heterocycles.